The van der Waals surface area contributed by atoms with Crippen molar-refractivity contribution in [2.45, 2.75) is 6.92 Å². The van der Waals surface area contributed by atoms with Crippen LogP contribution in [0.2, 0.25) is 0 Å². The van der Waals surface area contributed by atoms with Crippen molar-refractivity contribution in [2.24, 2.45) is 16.1 Å². The molecule has 7 heteroatoms. The van der Waals surface area contributed by atoms with Gasteiger partial charge in [-0.25, -0.2) is 10.9 Å². The third kappa shape index (κ3) is 2.39. The Morgan fingerprint density at radius 3 is 3.12 bits per heavy atom. The lowest BCUT2D eigenvalue weighted by Crippen LogP contribution is -2.32. The van der Waals surface area contributed by atoms with E-state index in [2.05, 4.69) is 21.1 Å². The van der Waals surface area contributed by atoms with Gasteiger partial charge in [0.15, 0.2) is 0 Å². The van der Waals surface area contributed by atoms with Crippen molar-refractivity contribution < 1.29 is 14.0 Å². The van der Waals surface area contributed by atoms with E-state index in [4.69, 9.17) is 4.42 Å². The number of nitrogens with one attached hydrogen (secondary N) is 2. The first-order valence-corrected chi connectivity index (χ1v) is 4.93. The number of hydrogen-bond donors (Lipinski definition) is 2. The summed E-state index contributed by atoms with van der Waals surface area (Å²) in [5.74, 6) is -0.862. The summed E-state index contributed by atoms with van der Waals surface area (Å²) >= 11 is 0. The smallest absolute Gasteiger partial charge is 0.288 e. The first-order valence-electron chi connectivity index (χ1n) is 4.93. The zero-order valence-corrected chi connectivity index (χ0v) is 9.01. The summed E-state index contributed by atoms with van der Waals surface area (Å²) in [5, 5.41) is 7.30. The molecule has 1 atom stereocenters. The Bertz CT molecular complexity index is 490. The van der Waals surface area contributed by atoms with Crippen molar-refractivity contribution in [3.63, 3.8) is 0 Å². The van der Waals surface area contributed by atoms with E-state index in [9.17, 15) is 9.59 Å². The molecule has 2 heterocycles. The molecule has 0 radical (unpaired) electrons. The third-order valence-corrected chi connectivity index (χ3v) is 2.22. The highest BCUT2D eigenvalue weighted by Gasteiger charge is 2.30. The quantitative estimate of drug-likeness (QED) is 0.562. The minimum absolute atomic E-state index is 0.117. The lowest BCUT2D eigenvalue weighted by atomic mass is 10.1. The molecule has 1 aromatic rings. The molecule has 0 bridgehead atoms. The molecule has 17 heavy (non-hydrogen) atoms. The molecule has 0 unspecified atom stereocenters. The second-order valence-electron chi connectivity index (χ2n) is 3.41. The summed E-state index contributed by atoms with van der Waals surface area (Å²) in [6.07, 6.45) is 2.85. The lowest BCUT2D eigenvalue weighted by Gasteiger charge is -2.01. The van der Waals surface area contributed by atoms with Gasteiger partial charge in [-0.05, 0) is 19.1 Å². The molecule has 1 aliphatic rings. The maximum atomic E-state index is 11.6. The Kier molecular flexibility index (Phi) is 2.99. The van der Waals surface area contributed by atoms with Crippen molar-refractivity contribution in [2.75, 3.05) is 0 Å². The Balaban J connectivity index is 1.92. The second kappa shape index (κ2) is 4.60. The number of hydrazone groups is 2. The third-order valence-electron chi connectivity index (χ3n) is 2.22. The first kappa shape index (κ1) is 11.1. The molecule has 2 N–H and O–H groups in total. The summed E-state index contributed by atoms with van der Waals surface area (Å²) in [6, 6.07) is 3.39. The molecule has 1 aromatic heterocycles. The normalized spacial score (nSPS) is 19.2. The molecule has 2 rings (SSSR count). The van der Waals surface area contributed by atoms with Crippen LogP contribution in [-0.4, -0.2) is 23.7 Å². The highest BCUT2D eigenvalue weighted by atomic mass is 16.3. The molecule has 0 fully saturated rings. The van der Waals surface area contributed by atoms with Crippen LogP contribution in [0, 0.1) is 5.92 Å². The Hall–Kier alpha value is -2.44. The van der Waals surface area contributed by atoms with Gasteiger partial charge < -0.3 is 4.42 Å². The summed E-state index contributed by atoms with van der Waals surface area (Å²) in [7, 11) is 0. The largest absolute Gasteiger partial charge is 0.463 e. The van der Waals surface area contributed by atoms with Crippen LogP contribution in [0.3, 0.4) is 0 Å². The predicted molar refractivity (Wildman–Crippen MR) is 59.2 cm³/mol. The van der Waals surface area contributed by atoms with Gasteiger partial charge in [0.2, 0.25) is 5.91 Å². The second-order valence-corrected chi connectivity index (χ2v) is 3.41. The number of hydrogen-bond acceptors (Lipinski definition) is 5. The van der Waals surface area contributed by atoms with Crippen LogP contribution < -0.4 is 10.9 Å². The standard InChI is InChI=1S/C10H10N4O3/c1-6-8(12-14-9(6)15)10(16)13-11-5-7-3-2-4-17-7/h2-6H,1H3,(H,13,16)(H,14,15)/b11-5-/t6-/m0/s1. The maximum absolute atomic E-state index is 11.6. The predicted octanol–water partition coefficient (Wildman–Crippen LogP) is -0.148. The zero-order chi connectivity index (χ0) is 12.3. The molecule has 7 nitrogen and oxygen atoms in total. The van der Waals surface area contributed by atoms with Gasteiger partial charge in [0.25, 0.3) is 5.91 Å². The Labute approximate surface area is 96.6 Å². The molecular formula is C10H10N4O3. The van der Waals surface area contributed by atoms with Gasteiger partial charge >= 0.3 is 0 Å². The fourth-order valence-corrected chi connectivity index (χ4v) is 1.26. The number of carbonyl (C=O) groups excluding carboxylic acids is 2. The van der Waals surface area contributed by atoms with Gasteiger partial charge in [0.1, 0.15) is 11.5 Å². The van der Waals surface area contributed by atoms with E-state index in [1.165, 1.54) is 12.5 Å². The van der Waals surface area contributed by atoms with E-state index >= 15 is 0 Å². The van der Waals surface area contributed by atoms with Crippen LogP contribution in [0.4, 0.5) is 0 Å². The average molecular weight is 234 g/mol. The summed E-state index contributed by atoms with van der Waals surface area (Å²) < 4.78 is 4.98. The van der Waals surface area contributed by atoms with E-state index in [1.54, 1.807) is 19.1 Å². The first-order chi connectivity index (χ1) is 8.18. The van der Waals surface area contributed by atoms with Gasteiger partial charge in [-0.3, -0.25) is 9.59 Å². The lowest BCUT2D eigenvalue weighted by molar-refractivity contribution is -0.122. The molecular weight excluding hydrogens is 224 g/mol. The van der Waals surface area contributed by atoms with Gasteiger partial charge in [-0.2, -0.15) is 10.2 Å². The maximum Gasteiger partial charge on any atom is 0.288 e. The average Bonchev–Trinajstić information content (AvgIpc) is 2.91. The molecule has 88 valence electrons. The van der Waals surface area contributed by atoms with Crippen molar-refractivity contribution >= 4 is 23.7 Å². The number of carbonyl (C=O) groups is 2. The molecule has 2 amide bonds. The molecule has 0 saturated carbocycles. The number of nitrogens with zero attached hydrogens (tertiary/aromatic N) is 2. The molecule has 0 spiro atoms. The number of rotatable bonds is 3. The minimum Gasteiger partial charge on any atom is -0.463 e. The highest BCUT2D eigenvalue weighted by Crippen LogP contribution is 2.05. The van der Waals surface area contributed by atoms with Crippen molar-refractivity contribution in [1.29, 1.82) is 0 Å². The van der Waals surface area contributed by atoms with Crippen LogP contribution in [0.15, 0.2) is 33.0 Å². The molecule has 0 aromatic carbocycles. The zero-order valence-electron chi connectivity index (χ0n) is 9.01. The van der Waals surface area contributed by atoms with Crippen LogP contribution in [-0.2, 0) is 9.59 Å². The number of furan rings is 1. The minimum atomic E-state index is -0.561. The highest BCUT2D eigenvalue weighted by molar-refractivity contribution is 6.44. The summed E-state index contributed by atoms with van der Waals surface area (Å²) in [4.78, 5) is 22.6. The SMILES string of the molecule is C[C@@H]1C(=O)NN=C1C(=O)N/N=C\c1ccco1. The van der Waals surface area contributed by atoms with E-state index in [0.29, 0.717) is 5.76 Å². The Morgan fingerprint density at radius 1 is 1.71 bits per heavy atom. The fourth-order valence-electron chi connectivity index (χ4n) is 1.26. The van der Waals surface area contributed by atoms with Crippen LogP contribution in [0.1, 0.15) is 12.7 Å². The molecule has 1 aliphatic heterocycles. The van der Waals surface area contributed by atoms with Crippen molar-refractivity contribution in [3.05, 3.63) is 24.2 Å². The molecule has 0 aliphatic carbocycles. The van der Waals surface area contributed by atoms with Gasteiger partial charge in [-0.1, -0.05) is 0 Å². The van der Waals surface area contributed by atoms with Crippen LogP contribution in [0.5, 0.6) is 0 Å². The van der Waals surface area contributed by atoms with E-state index < -0.39 is 11.8 Å². The van der Waals surface area contributed by atoms with E-state index in [1.807, 2.05) is 0 Å². The van der Waals surface area contributed by atoms with Crippen molar-refractivity contribution in [1.82, 2.24) is 10.9 Å². The van der Waals surface area contributed by atoms with E-state index in [0.717, 1.165) is 0 Å². The van der Waals surface area contributed by atoms with Crippen molar-refractivity contribution in [3.8, 4) is 0 Å². The van der Waals surface area contributed by atoms with Gasteiger partial charge in [0, 0.05) is 0 Å². The summed E-state index contributed by atoms with van der Waals surface area (Å²) in [6.45, 7) is 1.59. The van der Waals surface area contributed by atoms with E-state index in [-0.39, 0.29) is 11.6 Å². The summed E-state index contributed by atoms with van der Waals surface area (Å²) in [5.41, 5.74) is 4.60. The van der Waals surface area contributed by atoms with Gasteiger partial charge in [0.05, 0.1) is 18.4 Å². The monoisotopic (exact) mass is 234 g/mol. The Morgan fingerprint density at radius 2 is 2.53 bits per heavy atom. The number of amides is 2. The topological polar surface area (TPSA) is 96.1 Å². The van der Waals surface area contributed by atoms with Gasteiger partial charge in [-0.15, -0.1) is 0 Å². The van der Waals surface area contributed by atoms with Crippen LogP contribution in [0.25, 0.3) is 0 Å². The van der Waals surface area contributed by atoms with Crippen LogP contribution >= 0.6 is 0 Å². The fraction of sp³-hybridized carbons (Fsp3) is 0.200. The molecule has 0 saturated heterocycles.